The highest BCUT2D eigenvalue weighted by molar-refractivity contribution is 7.92. The third-order valence-corrected chi connectivity index (χ3v) is 8.39. The SMILES string of the molecule is CC[C@@H](C)NC(=O)[C@H](Cc1ccccc1)N(Cc1cccc(OC)c1)C(=O)CN(c1ccccc1C(C)C)S(C)(=O)=O. The first-order valence-corrected chi connectivity index (χ1v) is 16.1. The molecular weight excluding hydrogens is 550 g/mol. The van der Waals surface area contributed by atoms with Crippen LogP contribution in [0.25, 0.3) is 0 Å². The Morgan fingerprint density at radius 3 is 2.17 bits per heavy atom. The van der Waals surface area contributed by atoms with Gasteiger partial charge in [0.15, 0.2) is 0 Å². The number of carbonyl (C=O) groups excluding carboxylic acids is 2. The monoisotopic (exact) mass is 593 g/mol. The van der Waals surface area contributed by atoms with Crippen LogP contribution in [0.1, 0.15) is 56.7 Å². The van der Waals surface area contributed by atoms with E-state index < -0.39 is 28.5 Å². The fourth-order valence-corrected chi connectivity index (χ4v) is 5.63. The number of sulfonamides is 1. The van der Waals surface area contributed by atoms with Crippen molar-refractivity contribution in [1.29, 1.82) is 0 Å². The van der Waals surface area contributed by atoms with Gasteiger partial charge in [0.2, 0.25) is 21.8 Å². The number of nitrogens with zero attached hydrogens (tertiary/aromatic N) is 2. The highest BCUT2D eigenvalue weighted by Crippen LogP contribution is 2.29. The number of methoxy groups -OCH3 is 1. The largest absolute Gasteiger partial charge is 0.497 e. The van der Waals surface area contributed by atoms with Crippen molar-refractivity contribution < 1.29 is 22.7 Å². The number of hydrogen-bond donors (Lipinski definition) is 1. The maximum Gasteiger partial charge on any atom is 0.244 e. The second-order valence-electron chi connectivity index (χ2n) is 10.9. The maximum atomic E-state index is 14.3. The quantitative estimate of drug-likeness (QED) is 0.279. The lowest BCUT2D eigenvalue weighted by Crippen LogP contribution is -2.54. The van der Waals surface area contributed by atoms with Crippen LogP contribution in [0.4, 0.5) is 5.69 Å². The molecule has 0 bridgehead atoms. The number of rotatable bonds is 14. The summed E-state index contributed by atoms with van der Waals surface area (Å²) in [4.78, 5) is 29.6. The molecule has 0 spiro atoms. The van der Waals surface area contributed by atoms with Crippen molar-refractivity contribution in [3.05, 3.63) is 95.6 Å². The molecule has 0 aromatic heterocycles. The molecule has 9 heteroatoms. The van der Waals surface area contributed by atoms with Crippen molar-refractivity contribution in [1.82, 2.24) is 10.2 Å². The second-order valence-corrected chi connectivity index (χ2v) is 12.8. The van der Waals surface area contributed by atoms with Crippen LogP contribution in [-0.4, -0.2) is 57.1 Å². The Hall–Kier alpha value is -3.85. The number of anilines is 1. The van der Waals surface area contributed by atoms with E-state index in [0.29, 0.717) is 11.4 Å². The smallest absolute Gasteiger partial charge is 0.244 e. The first kappa shape index (κ1) is 32.7. The molecular formula is C33H43N3O5S. The Kier molecular flexibility index (Phi) is 11.6. The Morgan fingerprint density at radius 1 is 0.905 bits per heavy atom. The Balaban J connectivity index is 2.11. The molecule has 3 rings (SSSR count). The van der Waals surface area contributed by atoms with Gasteiger partial charge in [-0.3, -0.25) is 13.9 Å². The third kappa shape index (κ3) is 8.82. The summed E-state index contributed by atoms with van der Waals surface area (Å²) in [6.07, 6.45) is 2.09. The van der Waals surface area contributed by atoms with E-state index >= 15 is 0 Å². The summed E-state index contributed by atoms with van der Waals surface area (Å²) in [5.41, 5.74) is 2.90. The third-order valence-electron chi connectivity index (χ3n) is 7.27. The van der Waals surface area contributed by atoms with Gasteiger partial charge in [0.1, 0.15) is 18.3 Å². The van der Waals surface area contributed by atoms with E-state index in [1.165, 1.54) is 4.90 Å². The molecule has 0 aliphatic carbocycles. The molecule has 3 aromatic carbocycles. The number of amides is 2. The van der Waals surface area contributed by atoms with Crippen LogP contribution in [0.5, 0.6) is 5.75 Å². The first-order chi connectivity index (χ1) is 19.9. The predicted octanol–water partition coefficient (Wildman–Crippen LogP) is 5.14. The van der Waals surface area contributed by atoms with Gasteiger partial charge in [-0.2, -0.15) is 0 Å². The lowest BCUT2D eigenvalue weighted by atomic mass is 10.0. The highest BCUT2D eigenvalue weighted by atomic mass is 32.2. The summed E-state index contributed by atoms with van der Waals surface area (Å²) in [5.74, 6) is -0.132. The molecule has 0 aliphatic heterocycles. The minimum atomic E-state index is -3.85. The summed E-state index contributed by atoms with van der Waals surface area (Å²) in [5, 5.41) is 3.04. The van der Waals surface area contributed by atoms with Gasteiger partial charge in [0.05, 0.1) is 19.1 Å². The molecule has 3 aromatic rings. The van der Waals surface area contributed by atoms with Gasteiger partial charge in [-0.1, -0.05) is 81.4 Å². The summed E-state index contributed by atoms with van der Waals surface area (Å²) >= 11 is 0. The Bertz CT molecular complexity index is 1440. The zero-order valence-corrected chi connectivity index (χ0v) is 26.2. The molecule has 0 saturated carbocycles. The van der Waals surface area contributed by atoms with Gasteiger partial charge in [-0.05, 0) is 54.2 Å². The minimum Gasteiger partial charge on any atom is -0.497 e. The van der Waals surface area contributed by atoms with Gasteiger partial charge >= 0.3 is 0 Å². The average Bonchev–Trinajstić information content (AvgIpc) is 2.97. The van der Waals surface area contributed by atoms with E-state index in [9.17, 15) is 18.0 Å². The molecule has 0 saturated heterocycles. The fourth-order valence-electron chi connectivity index (χ4n) is 4.76. The predicted molar refractivity (Wildman–Crippen MR) is 168 cm³/mol. The Morgan fingerprint density at radius 2 is 1.55 bits per heavy atom. The summed E-state index contributed by atoms with van der Waals surface area (Å²) in [6, 6.07) is 23.0. The number of nitrogens with one attached hydrogen (secondary N) is 1. The van der Waals surface area contributed by atoms with E-state index in [1.807, 2.05) is 88.4 Å². The molecule has 8 nitrogen and oxygen atoms in total. The molecule has 2 atom stereocenters. The van der Waals surface area contributed by atoms with Crippen LogP contribution in [-0.2, 0) is 32.6 Å². The second kappa shape index (κ2) is 14.9. The zero-order chi connectivity index (χ0) is 30.9. The van der Waals surface area contributed by atoms with Gasteiger partial charge < -0.3 is 15.0 Å². The average molecular weight is 594 g/mol. The van der Waals surface area contributed by atoms with Crippen LogP contribution in [0.2, 0.25) is 0 Å². The number of carbonyl (C=O) groups is 2. The van der Waals surface area contributed by atoms with E-state index in [4.69, 9.17) is 4.74 Å². The molecule has 42 heavy (non-hydrogen) atoms. The maximum absolute atomic E-state index is 14.3. The number of ether oxygens (including phenoxy) is 1. The Labute approximate surface area is 250 Å². The van der Waals surface area contributed by atoms with E-state index in [1.54, 1.807) is 25.3 Å². The molecule has 1 N–H and O–H groups in total. The molecule has 0 heterocycles. The zero-order valence-electron chi connectivity index (χ0n) is 25.4. The number of para-hydroxylation sites is 1. The molecule has 0 radical (unpaired) electrons. The standard InChI is InChI=1S/C33H43N3O5S/c1-7-25(4)34-33(38)31(21-26-14-9-8-10-15-26)35(22-27-16-13-17-28(20-27)41-5)32(37)23-36(42(6,39)40)30-19-12-11-18-29(30)24(2)3/h8-20,24-25,31H,7,21-23H2,1-6H3,(H,34,38)/t25-,31+/m1/s1. The summed E-state index contributed by atoms with van der Waals surface area (Å²) in [6.45, 7) is 7.49. The topological polar surface area (TPSA) is 96.0 Å². The molecule has 0 aliphatic rings. The van der Waals surface area contributed by atoms with Crippen molar-refractivity contribution in [2.24, 2.45) is 0 Å². The molecule has 226 valence electrons. The van der Waals surface area contributed by atoms with Crippen LogP contribution >= 0.6 is 0 Å². The highest BCUT2D eigenvalue weighted by Gasteiger charge is 2.34. The molecule has 0 unspecified atom stereocenters. The lowest BCUT2D eigenvalue weighted by molar-refractivity contribution is -0.140. The minimum absolute atomic E-state index is 0.0283. The number of hydrogen-bond acceptors (Lipinski definition) is 5. The van der Waals surface area contributed by atoms with Gasteiger partial charge in [0.25, 0.3) is 0 Å². The summed E-state index contributed by atoms with van der Waals surface area (Å²) in [7, 11) is -2.28. The molecule has 0 fully saturated rings. The van der Waals surface area contributed by atoms with Crippen LogP contribution in [0, 0.1) is 0 Å². The van der Waals surface area contributed by atoms with Gasteiger partial charge in [0, 0.05) is 19.0 Å². The van der Waals surface area contributed by atoms with Gasteiger partial charge in [-0.15, -0.1) is 0 Å². The van der Waals surface area contributed by atoms with Crippen LogP contribution in [0.15, 0.2) is 78.9 Å². The van der Waals surface area contributed by atoms with E-state index in [-0.39, 0.29) is 30.8 Å². The van der Waals surface area contributed by atoms with E-state index in [0.717, 1.165) is 33.7 Å². The van der Waals surface area contributed by atoms with E-state index in [2.05, 4.69) is 5.32 Å². The fraction of sp³-hybridized carbons (Fsp3) is 0.394. The molecule has 2 amide bonds. The van der Waals surface area contributed by atoms with Crippen LogP contribution < -0.4 is 14.4 Å². The van der Waals surface area contributed by atoms with Crippen molar-refractivity contribution in [3.8, 4) is 5.75 Å². The van der Waals surface area contributed by atoms with Crippen molar-refractivity contribution in [2.75, 3.05) is 24.2 Å². The number of benzene rings is 3. The lowest BCUT2D eigenvalue weighted by Gasteiger charge is -2.34. The first-order valence-electron chi connectivity index (χ1n) is 14.3. The van der Waals surface area contributed by atoms with Gasteiger partial charge in [-0.25, -0.2) is 8.42 Å². The van der Waals surface area contributed by atoms with Crippen molar-refractivity contribution in [3.63, 3.8) is 0 Å². The normalized spacial score (nSPS) is 12.8. The van der Waals surface area contributed by atoms with Crippen molar-refractivity contribution >= 4 is 27.5 Å². The van der Waals surface area contributed by atoms with Crippen molar-refractivity contribution in [2.45, 2.75) is 65.1 Å². The van der Waals surface area contributed by atoms with Crippen LogP contribution in [0.3, 0.4) is 0 Å². The summed E-state index contributed by atoms with van der Waals surface area (Å²) < 4.78 is 32.8.